The van der Waals surface area contributed by atoms with E-state index in [2.05, 4.69) is 63.1 Å². The molecule has 4 heterocycles. The number of nitrogens with one attached hydrogen (secondary N) is 1. The van der Waals surface area contributed by atoms with E-state index in [1.54, 1.807) is 0 Å². The van der Waals surface area contributed by atoms with Crippen molar-refractivity contribution in [2.45, 2.75) is 44.7 Å². The van der Waals surface area contributed by atoms with Gasteiger partial charge in [0.15, 0.2) is 0 Å². The van der Waals surface area contributed by atoms with Gasteiger partial charge in [-0.2, -0.15) is 0 Å². The molecule has 1 saturated heterocycles. The summed E-state index contributed by atoms with van der Waals surface area (Å²) in [4.78, 5) is 14.8. The predicted molar refractivity (Wildman–Crippen MR) is 125 cm³/mol. The molecule has 5 rings (SSSR count). The summed E-state index contributed by atoms with van der Waals surface area (Å²) >= 11 is 0. The number of imidazole rings is 1. The summed E-state index contributed by atoms with van der Waals surface area (Å²) in [6.45, 7) is 4.07. The van der Waals surface area contributed by atoms with Crippen LogP contribution in [-0.2, 0) is 13.0 Å². The molecule has 0 radical (unpaired) electrons. The van der Waals surface area contributed by atoms with E-state index in [-0.39, 0.29) is 0 Å². The van der Waals surface area contributed by atoms with Crippen molar-refractivity contribution >= 4 is 11.5 Å². The Hall–Kier alpha value is -2.44. The van der Waals surface area contributed by atoms with Crippen molar-refractivity contribution in [2.24, 2.45) is 5.92 Å². The number of aromatic nitrogens is 3. The molecule has 1 fully saturated rings. The quantitative estimate of drug-likeness (QED) is 0.593. The van der Waals surface area contributed by atoms with E-state index < -0.39 is 0 Å². The summed E-state index contributed by atoms with van der Waals surface area (Å²) < 4.78 is 2.25. The van der Waals surface area contributed by atoms with Gasteiger partial charge in [0.1, 0.15) is 11.5 Å². The van der Waals surface area contributed by atoms with Gasteiger partial charge in [0.25, 0.3) is 0 Å². The minimum absolute atomic E-state index is 0.437. The molecule has 1 N–H and O–H groups in total. The maximum atomic E-state index is 5.00. The van der Waals surface area contributed by atoms with Crippen LogP contribution in [0.25, 0.3) is 5.65 Å². The van der Waals surface area contributed by atoms with Crippen molar-refractivity contribution in [3.8, 4) is 0 Å². The molecule has 3 aromatic heterocycles. The zero-order chi connectivity index (χ0) is 21.2. The number of rotatable bonds is 7. The first-order valence-corrected chi connectivity index (χ1v) is 11.7. The van der Waals surface area contributed by atoms with Crippen LogP contribution in [0, 0.1) is 5.92 Å². The molecule has 0 saturated carbocycles. The van der Waals surface area contributed by atoms with Gasteiger partial charge in [0.05, 0.1) is 17.4 Å². The number of hydrogen-bond donors (Lipinski definition) is 1. The lowest BCUT2D eigenvalue weighted by Gasteiger charge is -2.44. The Morgan fingerprint density at radius 1 is 1.19 bits per heavy atom. The lowest BCUT2D eigenvalue weighted by molar-refractivity contribution is 0.0687. The topological polar surface area (TPSA) is 48.7 Å². The predicted octanol–water partition coefficient (Wildman–Crippen LogP) is 3.67. The summed E-state index contributed by atoms with van der Waals surface area (Å²) in [5.74, 6) is 1.93. The van der Waals surface area contributed by atoms with Crippen LogP contribution >= 0.6 is 0 Å². The lowest BCUT2D eigenvalue weighted by Crippen LogP contribution is -2.41. The zero-order valence-electron chi connectivity index (χ0n) is 18.8. The van der Waals surface area contributed by atoms with Crippen molar-refractivity contribution in [1.29, 1.82) is 0 Å². The molecule has 31 heavy (non-hydrogen) atoms. The lowest BCUT2D eigenvalue weighted by atomic mass is 9.77. The van der Waals surface area contributed by atoms with Gasteiger partial charge < -0.3 is 10.2 Å². The van der Waals surface area contributed by atoms with E-state index in [1.165, 1.54) is 42.8 Å². The number of nitrogens with zero attached hydrogens (tertiary/aromatic N) is 5. The van der Waals surface area contributed by atoms with Crippen LogP contribution in [0.4, 0.5) is 5.82 Å². The van der Waals surface area contributed by atoms with Crippen molar-refractivity contribution in [3.63, 3.8) is 0 Å². The molecule has 0 bridgehead atoms. The van der Waals surface area contributed by atoms with E-state index in [0.717, 1.165) is 49.9 Å². The molecule has 0 amide bonds. The summed E-state index contributed by atoms with van der Waals surface area (Å²) in [6.07, 6.45) is 10.4. The number of anilines is 1. The molecule has 2 aliphatic rings. The second kappa shape index (κ2) is 8.97. The number of hydrogen-bond acceptors (Lipinski definition) is 5. The first-order chi connectivity index (χ1) is 15.2. The van der Waals surface area contributed by atoms with Crippen molar-refractivity contribution < 1.29 is 0 Å². The van der Waals surface area contributed by atoms with E-state index in [1.807, 2.05) is 13.2 Å². The van der Waals surface area contributed by atoms with Crippen LogP contribution in [0.15, 0.2) is 42.7 Å². The number of aryl methyl sites for hydroxylation is 1. The van der Waals surface area contributed by atoms with Gasteiger partial charge in [-0.25, -0.2) is 4.98 Å². The molecule has 6 nitrogen and oxygen atoms in total. The van der Waals surface area contributed by atoms with Gasteiger partial charge in [-0.1, -0.05) is 12.1 Å². The van der Waals surface area contributed by atoms with Gasteiger partial charge >= 0.3 is 0 Å². The highest BCUT2D eigenvalue weighted by molar-refractivity contribution is 5.52. The number of piperidine rings is 1. The Morgan fingerprint density at radius 2 is 2.13 bits per heavy atom. The standard InChI is InChI=1S/C25H34N6/c1-26-13-6-15-29(2)23-10-3-9-22-28-21(18-31(22)23)17-30-16-5-8-20-12-11-19-7-4-14-27-24(19)25(20)30/h3-4,7,9-10,14,18,20,25-26H,5-6,8,11-13,15-17H2,1-2H3. The third-order valence-corrected chi connectivity index (χ3v) is 7.05. The van der Waals surface area contributed by atoms with Gasteiger partial charge in [-0.15, -0.1) is 0 Å². The minimum atomic E-state index is 0.437. The summed E-state index contributed by atoms with van der Waals surface area (Å²) in [5.41, 5.74) is 4.94. The van der Waals surface area contributed by atoms with E-state index in [9.17, 15) is 0 Å². The maximum Gasteiger partial charge on any atom is 0.138 e. The Morgan fingerprint density at radius 3 is 3.03 bits per heavy atom. The average Bonchev–Trinajstić information content (AvgIpc) is 3.21. The minimum Gasteiger partial charge on any atom is -0.361 e. The third-order valence-electron chi connectivity index (χ3n) is 7.05. The number of fused-ring (bicyclic) bond motifs is 4. The highest BCUT2D eigenvalue weighted by atomic mass is 15.2. The molecule has 0 aromatic carbocycles. The third kappa shape index (κ3) is 4.06. The zero-order valence-corrected chi connectivity index (χ0v) is 18.8. The highest BCUT2D eigenvalue weighted by Gasteiger charge is 2.37. The first kappa shape index (κ1) is 20.5. The van der Waals surface area contributed by atoms with E-state index in [0.29, 0.717) is 6.04 Å². The summed E-state index contributed by atoms with van der Waals surface area (Å²) in [5, 5.41) is 3.23. The smallest absolute Gasteiger partial charge is 0.138 e. The van der Waals surface area contributed by atoms with Gasteiger partial charge in [-0.3, -0.25) is 14.3 Å². The van der Waals surface area contributed by atoms with Crippen molar-refractivity contribution in [2.75, 3.05) is 38.6 Å². The molecule has 2 atom stereocenters. The second-order valence-corrected chi connectivity index (χ2v) is 9.13. The Kier molecular flexibility index (Phi) is 5.92. The van der Waals surface area contributed by atoms with Crippen LogP contribution in [0.3, 0.4) is 0 Å². The van der Waals surface area contributed by atoms with Crippen molar-refractivity contribution in [1.82, 2.24) is 24.6 Å². The van der Waals surface area contributed by atoms with Crippen LogP contribution in [0.1, 0.15) is 48.7 Å². The van der Waals surface area contributed by atoms with Crippen LogP contribution in [0.5, 0.6) is 0 Å². The number of likely N-dealkylation sites (tertiary alicyclic amines) is 1. The molecular weight excluding hydrogens is 384 g/mol. The normalized spacial score (nSPS) is 21.1. The van der Waals surface area contributed by atoms with Gasteiger partial charge in [0.2, 0.25) is 0 Å². The monoisotopic (exact) mass is 418 g/mol. The first-order valence-electron chi connectivity index (χ1n) is 11.7. The Bertz CT molecular complexity index is 1030. The summed E-state index contributed by atoms with van der Waals surface area (Å²) in [6, 6.07) is 11.2. The van der Waals surface area contributed by atoms with Crippen LogP contribution in [-0.4, -0.2) is 53.0 Å². The van der Waals surface area contributed by atoms with Gasteiger partial charge in [0, 0.05) is 32.5 Å². The van der Waals surface area contributed by atoms with Crippen LogP contribution < -0.4 is 10.2 Å². The molecular formula is C25H34N6. The second-order valence-electron chi connectivity index (χ2n) is 9.13. The Labute approximate surface area is 185 Å². The molecule has 3 aromatic rings. The molecule has 1 aliphatic carbocycles. The summed E-state index contributed by atoms with van der Waals surface area (Å²) in [7, 11) is 4.18. The number of pyridine rings is 2. The fraction of sp³-hybridized carbons (Fsp3) is 0.520. The van der Waals surface area contributed by atoms with E-state index >= 15 is 0 Å². The molecule has 2 unspecified atom stereocenters. The van der Waals surface area contributed by atoms with Crippen LogP contribution in [0.2, 0.25) is 0 Å². The Balaban J connectivity index is 1.40. The fourth-order valence-corrected chi connectivity index (χ4v) is 5.55. The van der Waals surface area contributed by atoms with Gasteiger partial charge in [-0.05, 0) is 81.9 Å². The molecule has 0 spiro atoms. The average molecular weight is 419 g/mol. The SMILES string of the molecule is CNCCCN(C)c1cccc2nc(CN3CCCC4CCc5cccnc5C43)cn12. The maximum absolute atomic E-state index is 5.00. The van der Waals surface area contributed by atoms with Crippen molar-refractivity contribution in [3.05, 3.63) is 59.7 Å². The van der Waals surface area contributed by atoms with E-state index in [4.69, 9.17) is 9.97 Å². The fourth-order valence-electron chi connectivity index (χ4n) is 5.55. The molecule has 1 aliphatic heterocycles. The largest absolute Gasteiger partial charge is 0.361 e. The molecule has 6 heteroatoms. The molecule has 164 valence electrons. The highest BCUT2D eigenvalue weighted by Crippen LogP contribution is 2.43.